The van der Waals surface area contributed by atoms with E-state index in [1.165, 1.54) is 7.11 Å². The Bertz CT molecular complexity index is 423. The third-order valence-electron chi connectivity index (χ3n) is 3.18. The number of hydrogen-bond acceptors (Lipinski definition) is 4. The Balaban J connectivity index is 0.00000361. The van der Waals surface area contributed by atoms with Crippen molar-refractivity contribution in [3.8, 4) is 0 Å². The van der Waals surface area contributed by atoms with E-state index in [9.17, 15) is 9.90 Å². The van der Waals surface area contributed by atoms with Gasteiger partial charge in [0.25, 0.3) is 0 Å². The summed E-state index contributed by atoms with van der Waals surface area (Å²) in [7, 11) is 1.33. The van der Waals surface area contributed by atoms with E-state index < -0.39 is 18.1 Å². The molecule has 0 saturated heterocycles. The molecule has 0 radical (unpaired) electrons. The highest BCUT2D eigenvalue weighted by atomic mass is 35.5. The number of rotatable bonds is 6. The van der Waals surface area contributed by atoms with Gasteiger partial charge in [0.05, 0.1) is 24.8 Å². The van der Waals surface area contributed by atoms with Gasteiger partial charge in [-0.3, -0.25) is 0 Å². The van der Waals surface area contributed by atoms with Crippen LogP contribution in [0.4, 0.5) is 0 Å². The molecule has 4 nitrogen and oxygen atoms in total. The summed E-state index contributed by atoms with van der Waals surface area (Å²) in [4.78, 5) is 11.7. The fourth-order valence-electron chi connectivity index (χ4n) is 1.97. The highest BCUT2D eigenvalue weighted by molar-refractivity contribution is 5.91. The Kier molecular flexibility index (Phi) is 8.46. The number of aliphatic hydroxyl groups is 1. The molecule has 0 heterocycles. The van der Waals surface area contributed by atoms with Gasteiger partial charge < -0.3 is 15.6 Å². The molecule has 0 bridgehead atoms. The van der Waals surface area contributed by atoms with Gasteiger partial charge >= 0.3 is 5.97 Å². The monoisotopic (exact) mass is 301 g/mol. The van der Waals surface area contributed by atoms with Crippen molar-refractivity contribution >= 4 is 18.4 Å². The average Bonchev–Trinajstić information content (AvgIpc) is 2.42. The quantitative estimate of drug-likeness (QED) is 0.792. The van der Waals surface area contributed by atoms with Gasteiger partial charge in [0.15, 0.2) is 0 Å². The first-order chi connectivity index (χ1) is 8.97. The summed E-state index contributed by atoms with van der Waals surface area (Å²) in [6.07, 6.45) is 0.858. The maximum atomic E-state index is 11.7. The number of aliphatic hydroxyl groups excluding tert-OH is 1. The fourth-order valence-corrected chi connectivity index (χ4v) is 1.97. The minimum absolute atomic E-state index is 0. The zero-order chi connectivity index (χ0) is 14.4. The van der Waals surface area contributed by atoms with Crippen molar-refractivity contribution < 1.29 is 14.6 Å². The molecule has 1 aromatic carbocycles. The van der Waals surface area contributed by atoms with Crippen LogP contribution in [0.1, 0.15) is 48.7 Å². The molecule has 0 fully saturated rings. The topological polar surface area (TPSA) is 72.5 Å². The maximum Gasteiger partial charge on any atom is 0.338 e. The van der Waals surface area contributed by atoms with Gasteiger partial charge in [-0.2, -0.15) is 0 Å². The van der Waals surface area contributed by atoms with E-state index in [1.807, 2.05) is 0 Å². The van der Waals surface area contributed by atoms with Crippen LogP contribution in [-0.4, -0.2) is 24.3 Å². The summed E-state index contributed by atoms with van der Waals surface area (Å²) in [5, 5.41) is 10.1. The molecule has 1 aromatic rings. The van der Waals surface area contributed by atoms with Gasteiger partial charge in [-0.15, -0.1) is 12.4 Å². The number of carbonyl (C=O) groups is 1. The smallest absolute Gasteiger partial charge is 0.338 e. The Labute approximate surface area is 126 Å². The van der Waals surface area contributed by atoms with E-state index in [1.54, 1.807) is 24.3 Å². The summed E-state index contributed by atoms with van der Waals surface area (Å²) in [5.74, 6) is 0.0832. The van der Waals surface area contributed by atoms with Crippen molar-refractivity contribution in [3.05, 3.63) is 35.4 Å². The number of benzene rings is 1. The van der Waals surface area contributed by atoms with Crippen molar-refractivity contribution in [1.82, 2.24) is 0 Å². The van der Waals surface area contributed by atoms with E-state index in [4.69, 9.17) is 10.5 Å². The van der Waals surface area contributed by atoms with E-state index in [2.05, 4.69) is 13.8 Å². The van der Waals surface area contributed by atoms with Crippen molar-refractivity contribution in [3.63, 3.8) is 0 Å². The van der Waals surface area contributed by atoms with Crippen molar-refractivity contribution in [2.75, 3.05) is 7.11 Å². The van der Waals surface area contributed by atoms with Crippen LogP contribution in [0.3, 0.4) is 0 Å². The number of nitrogens with two attached hydrogens (primary N) is 1. The molecule has 0 aromatic heterocycles. The van der Waals surface area contributed by atoms with Gasteiger partial charge in [0.2, 0.25) is 0 Å². The average molecular weight is 302 g/mol. The normalized spacial score (nSPS) is 13.5. The largest absolute Gasteiger partial charge is 0.465 e. The first-order valence-corrected chi connectivity index (χ1v) is 6.58. The zero-order valence-electron chi connectivity index (χ0n) is 12.2. The fraction of sp³-hybridized carbons (Fsp3) is 0.533. The molecule has 5 heteroatoms. The van der Waals surface area contributed by atoms with Gasteiger partial charge in [-0.25, -0.2) is 4.79 Å². The highest BCUT2D eigenvalue weighted by Crippen LogP contribution is 2.23. The summed E-state index contributed by atoms with van der Waals surface area (Å²) in [6, 6.07) is 6.40. The molecule has 0 saturated carbocycles. The number of esters is 1. The van der Waals surface area contributed by atoms with Crippen LogP contribution >= 0.6 is 12.4 Å². The minimum atomic E-state index is -0.659. The SMILES string of the molecule is COC(=O)c1ccccc1[C@H](N)[C@H](O)CCC(C)C.Cl. The number of hydrogen-bond donors (Lipinski definition) is 2. The van der Waals surface area contributed by atoms with Crippen LogP contribution in [0.2, 0.25) is 0 Å². The zero-order valence-corrected chi connectivity index (χ0v) is 13.0. The Morgan fingerprint density at radius 1 is 1.30 bits per heavy atom. The van der Waals surface area contributed by atoms with Crippen LogP contribution in [0.25, 0.3) is 0 Å². The molecule has 3 N–H and O–H groups in total. The summed E-state index contributed by atoms with van der Waals surface area (Å²) < 4.78 is 4.73. The molecule has 114 valence electrons. The van der Waals surface area contributed by atoms with E-state index in [-0.39, 0.29) is 12.4 Å². The molecular weight excluding hydrogens is 278 g/mol. The van der Waals surface area contributed by atoms with Crippen LogP contribution in [0.5, 0.6) is 0 Å². The number of halogens is 1. The first-order valence-electron chi connectivity index (χ1n) is 6.58. The minimum Gasteiger partial charge on any atom is -0.465 e. The Morgan fingerprint density at radius 3 is 2.45 bits per heavy atom. The Morgan fingerprint density at radius 2 is 1.90 bits per heavy atom. The molecule has 0 aliphatic rings. The van der Waals surface area contributed by atoms with Crippen LogP contribution < -0.4 is 5.73 Å². The lowest BCUT2D eigenvalue weighted by Crippen LogP contribution is -2.28. The van der Waals surface area contributed by atoms with E-state index in [0.717, 1.165) is 6.42 Å². The number of carbonyl (C=O) groups excluding carboxylic acids is 1. The van der Waals surface area contributed by atoms with Crippen molar-refractivity contribution in [1.29, 1.82) is 0 Å². The lowest BCUT2D eigenvalue weighted by molar-refractivity contribution is 0.0596. The molecule has 0 aliphatic heterocycles. The van der Waals surface area contributed by atoms with Crippen LogP contribution in [0.15, 0.2) is 24.3 Å². The summed E-state index contributed by atoms with van der Waals surface area (Å²) >= 11 is 0. The molecule has 2 atom stereocenters. The second-order valence-corrected chi connectivity index (χ2v) is 5.14. The standard InChI is InChI=1S/C15H23NO3.ClH/c1-10(2)8-9-13(17)14(16)11-6-4-5-7-12(11)15(18)19-3;/h4-7,10,13-14,17H,8-9,16H2,1-3H3;1H/t13-,14+;/m1./s1. The molecule has 0 unspecified atom stereocenters. The summed E-state index contributed by atoms with van der Waals surface area (Å²) in [6.45, 7) is 4.20. The van der Waals surface area contributed by atoms with E-state index >= 15 is 0 Å². The van der Waals surface area contributed by atoms with Crippen LogP contribution in [-0.2, 0) is 4.74 Å². The molecular formula is C15H24ClNO3. The van der Waals surface area contributed by atoms with Crippen molar-refractivity contribution in [2.45, 2.75) is 38.8 Å². The maximum absolute atomic E-state index is 11.7. The number of ether oxygens (including phenoxy) is 1. The molecule has 0 aliphatic carbocycles. The Hall–Kier alpha value is -1.10. The lowest BCUT2D eigenvalue weighted by atomic mass is 9.93. The van der Waals surface area contributed by atoms with E-state index in [0.29, 0.717) is 23.5 Å². The molecule has 1 rings (SSSR count). The predicted molar refractivity (Wildman–Crippen MR) is 82.0 cm³/mol. The van der Waals surface area contributed by atoms with Gasteiger partial charge in [0.1, 0.15) is 0 Å². The first kappa shape index (κ1) is 18.9. The third-order valence-corrected chi connectivity index (χ3v) is 3.18. The van der Waals surface area contributed by atoms with Crippen molar-refractivity contribution in [2.24, 2.45) is 11.7 Å². The molecule has 0 amide bonds. The molecule has 0 spiro atoms. The highest BCUT2D eigenvalue weighted by Gasteiger charge is 2.22. The van der Waals surface area contributed by atoms with Crippen LogP contribution in [0, 0.1) is 5.92 Å². The van der Waals surface area contributed by atoms with Gasteiger partial charge in [-0.05, 0) is 30.4 Å². The predicted octanol–water partition coefficient (Wildman–Crippen LogP) is 2.69. The second-order valence-electron chi connectivity index (χ2n) is 5.14. The lowest BCUT2D eigenvalue weighted by Gasteiger charge is -2.21. The van der Waals surface area contributed by atoms with Gasteiger partial charge in [-0.1, -0.05) is 32.0 Å². The van der Waals surface area contributed by atoms with Gasteiger partial charge in [0, 0.05) is 0 Å². The molecule has 20 heavy (non-hydrogen) atoms. The number of methoxy groups -OCH3 is 1. The second kappa shape index (κ2) is 8.95. The summed E-state index contributed by atoms with van der Waals surface area (Å²) in [5.41, 5.74) is 7.11. The third kappa shape index (κ3) is 5.12.